The predicted molar refractivity (Wildman–Crippen MR) is 73.0 cm³/mol. The third kappa shape index (κ3) is 2.57. The van der Waals surface area contributed by atoms with Gasteiger partial charge in [-0.05, 0) is 44.2 Å². The molecule has 1 saturated heterocycles. The number of rotatable bonds is 2. The molecule has 2 atom stereocenters. The molecule has 1 aliphatic heterocycles. The summed E-state index contributed by atoms with van der Waals surface area (Å²) in [6.45, 7) is 5.92. The van der Waals surface area contributed by atoms with E-state index >= 15 is 0 Å². The number of pyridine rings is 1. The van der Waals surface area contributed by atoms with Gasteiger partial charge in [0.25, 0.3) is 0 Å². The molecule has 1 aromatic rings. The fraction of sp³-hybridized carbons (Fsp3) is 0.600. The second-order valence-electron chi connectivity index (χ2n) is 5.68. The van der Waals surface area contributed by atoms with Crippen molar-refractivity contribution in [3.8, 4) is 6.07 Å². The smallest absolute Gasteiger partial charge is 0.142 e. The van der Waals surface area contributed by atoms with E-state index in [9.17, 15) is 0 Å². The van der Waals surface area contributed by atoms with Gasteiger partial charge in [-0.3, -0.25) is 0 Å². The number of anilines is 1. The maximum Gasteiger partial charge on any atom is 0.142 e. The number of aryl methyl sites for hydroxylation is 1. The summed E-state index contributed by atoms with van der Waals surface area (Å²) in [5.41, 5.74) is 1.62. The molecule has 4 heteroatoms. The van der Waals surface area contributed by atoms with Gasteiger partial charge in [-0.15, -0.1) is 0 Å². The molecule has 1 aromatic heterocycles. The molecule has 0 amide bonds. The SMILES string of the molecule is Cc1ccc(C#N)nc1N1C[C@@H](C)O[C@@H](C2CC2)C1. The van der Waals surface area contributed by atoms with Gasteiger partial charge in [0.15, 0.2) is 0 Å². The van der Waals surface area contributed by atoms with E-state index in [4.69, 9.17) is 10.00 Å². The van der Waals surface area contributed by atoms with E-state index in [1.54, 1.807) is 6.07 Å². The normalized spacial score (nSPS) is 27.1. The minimum atomic E-state index is 0.228. The van der Waals surface area contributed by atoms with Gasteiger partial charge in [0.05, 0.1) is 12.2 Å². The molecule has 0 spiro atoms. The number of hydrogen-bond acceptors (Lipinski definition) is 4. The highest BCUT2D eigenvalue weighted by molar-refractivity contribution is 5.49. The van der Waals surface area contributed by atoms with Crippen LogP contribution >= 0.6 is 0 Å². The third-order valence-corrected chi connectivity index (χ3v) is 3.92. The van der Waals surface area contributed by atoms with E-state index in [-0.39, 0.29) is 6.10 Å². The molecule has 0 N–H and O–H groups in total. The van der Waals surface area contributed by atoms with Gasteiger partial charge in [-0.2, -0.15) is 5.26 Å². The van der Waals surface area contributed by atoms with Crippen molar-refractivity contribution in [1.29, 1.82) is 5.26 Å². The molecular weight excluding hydrogens is 238 g/mol. The fourth-order valence-corrected chi connectivity index (χ4v) is 2.79. The van der Waals surface area contributed by atoms with Gasteiger partial charge < -0.3 is 9.64 Å². The number of morpholine rings is 1. The summed E-state index contributed by atoms with van der Waals surface area (Å²) < 4.78 is 6.02. The number of aromatic nitrogens is 1. The van der Waals surface area contributed by atoms with Gasteiger partial charge in [0, 0.05) is 13.1 Å². The molecule has 1 aliphatic carbocycles. The minimum Gasteiger partial charge on any atom is -0.371 e. The predicted octanol–water partition coefficient (Wildman–Crippen LogP) is 2.27. The van der Waals surface area contributed by atoms with E-state index in [2.05, 4.69) is 29.8 Å². The highest BCUT2D eigenvalue weighted by Gasteiger charge is 2.37. The van der Waals surface area contributed by atoms with Crippen LogP contribution < -0.4 is 4.90 Å². The Kier molecular flexibility index (Phi) is 3.16. The van der Waals surface area contributed by atoms with Crippen LogP contribution in [0.15, 0.2) is 12.1 Å². The first-order chi connectivity index (χ1) is 9.17. The maximum absolute atomic E-state index is 9.00. The topological polar surface area (TPSA) is 49.2 Å². The van der Waals surface area contributed by atoms with Crippen LogP contribution in [-0.2, 0) is 4.74 Å². The lowest BCUT2D eigenvalue weighted by Crippen LogP contribution is -2.48. The van der Waals surface area contributed by atoms with Crippen molar-refractivity contribution in [1.82, 2.24) is 4.98 Å². The minimum absolute atomic E-state index is 0.228. The van der Waals surface area contributed by atoms with Crippen LogP contribution in [0.3, 0.4) is 0 Å². The Labute approximate surface area is 114 Å². The summed E-state index contributed by atoms with van der Waals surface area (Å²) in [7, 11) is 0. The summed E-state index contributed by atoms with van der Waals surface area (Å²) in [6, 6.07) is 5.88. The molecule has 2 fully saturated rings. The summed E-state index contributed by atoms with van der Waals surface area (Å²) in [5.74, 6) is 1.67. The first-order valence-electron chi connectivity index (χ1n) is 6.95. The van der Waals surface area contributed by atoms with Gasteiger partial charge in [-0.25, -0.2) is 4.98 Å². The van der Waals surface area contributed by atoms with Crippen LogP contribution in [0.2, 0.25) is 0 Å². The van der Waals surface area contributed by atoms with E-state index < -0.39 is 0 Å². The van der Waals surface area contributed by atoms with Crippen LogP contribution in [0.4, 0.5) is 5.82 Å². The van der Waals surface area contributed by atoms with Crippen molar-refractivity contribution in [3.05, 3.63) is 23.4 Å². The van der Waals surface area contributed by atoms with E-state index in [0.717, 1.165) is 30.4 Å². The third-order valence-electron chi connectivity index (χ3n) is 3.92. The summed E-state index contributed by atoms with van der Waals surface area (Å²) in [4.78, 5) is 6.76. The van der Waals surface area contributed by atoms with Crippen molar-refractivity contribution in [2.45, 2.75) is 38.9 Å². The average Bonchev–Trinajstić information content (AvgIpc) is 3.23. The lowest BCUT2D eigenvalue weighted by Gasteiger charge is -2.38. The molecule has 1 saturated carbocycles. The number of hydrogen-bond donors (Lipinski definition) is 0. The van der Waals surface area contributed by atoms with Crippen LogP contribution in [0, 0.1) is 24.2 Å². The lowest BCUT2D eigenvalue weighted by atomic mass is 10.1. The number of nitriles is 1. The summed E-state index contributed by atoms with van der Waals surface area (Å²) in [5, 5.41) is 9.00. The standard InChI is InChI=1S/C15H19N3O/c1-10-3-6-13(7-16)17-15(10)18-8-11(2)19-14(9-18)12-4-5-12/h3,6,11-12,14H,4-5,8-9H2,1-2H3/t11-,14-/m1/s1. The van der Waals surface area contributed by atoms with Crippen LogP contribution in [0.1, 0.15) is 31.0 Å². The molecule has 2 aliphatic rings. The summed E-state index contributed by atoms with van der Waals surface area (Å²) in [6.07, 6.45) is 3.13. The Bertz CT molecular complexity index is 519. The monoisotopic (exact) mass is 257 g/mol. The molecule has 2 heterocycles. The van der Waals surface area contributed by atoms with Crippen LogP contribution in [-0.4, -0.2) is 30.3 Å². The quantitative estimate of drug-likeness (QED) is 0.815. The van der Waals surface area contributed by atoms with Crippen LogP contribution in [0.25, 0.3) is 0 Å². The fourth-order valence-electron chi connectivity index (χ4n) is 2.79. The van der Waals surface area contributed by atoms with Crippen molar-refractivity contribution >= 4 is 5.82 Å². The molecule has 19 heavy (non-hydrogen) atoms. The van der Waals surface area contributed by atoms with E-state index in [1.807, 2.05) is 6.07 Å². The Hall–Kier alpha value is -1.60. The zero-order valence-corrected chi connectivity index (χ0v) is 11.5. The number of ether oxygens (including phenoxy) is 1. The Morgan fingerprint density at radius 3 is 2.84 bits per heavy atom. The van der Waals surface area contributed by atoms with E-state index in [0.29, 0.717) is 11.8 Å². The summed E-state index contributed by atoms with van der Waals surface area (Å²) >= 11 is 0. The molecule has 0 aromatic carbocycles. The van der Waals surface area contributed by atoms with E-state index in [1.165, 1.54) is 12.8 Å². The Morgan fingerprint density at radius 1 is 1.37 bits per heavy atom. The average molecular weight is 257 g/mol. The van der Waals surface area contributed by atoms with Crippen molar-refractivity contribution in [2.24, 2.45) is 5.92 Å². The zero-order valence-electron chi connectivity index (χ0n) is 11.5. The molecular formula is C15H19N3O. The van der Waals surface area contributed by atoms with Crippen molar-refractivity contribution < 1.29 is 4.74 Å². The van der Waals surface area contributed by atoms with Gasteiger partial charge in [0.2, 0.25) is 0 Å². The molecule has 0 bridgehead atoms. The highest BCUT2D eigenvalue weighted by Crippen LogP contribution is 2.37. The molecule has 3 rings (SSSR count). The van der Waals surface area contributed by atoms with Crippen molar-refractivity contribution in [2.75, 3.05) is 18.0 Å². The molecule has 100 valence electrons. The number of nitrogens with zero attached hydrogens (tertiary/aromatic N) is 3. The Balaban J connectivity index is 1.85. The molecule has 4 nitrogen and oxygen atoms in total. The largest absolute Gasteiger partial charge is 0.371 e. The molecule has 0 radical (unpaired) electrons. The molecule has 0 unspecified atom stereocenters. The lowest BCUT2D eigenvalue weighted by molar-refractivity contribution is -0.0274. The van der Waals surface area contributed by atoms with Gasteiger partial charge in [-0.1, -0.05) is 6.07 Å². The highest BCUT2D eigenvalue weighted by atomic mass is 16.5. The van der Waals surface area contributed by atoms with Crippen molar-refractivity contribution in [3.63, 3.8) is 0 Å². The first kappa shape index (κ1) is 12.4. The van der Waals surface area contributed by atoms with Gasteiger partial charge >= 0.3 is 0 Å². The Morgan fingerprint density at radius 2 is 2.16 bits per heavy atom. The second-order valence-corrected chi connectivity index (χ2v) is 5.68. The second kappa shape index (κ2) is 4.82. The van der Waals surface area contributed by atoms with Gasteiger partial charge in [0.1, 0.15) is 17.6 Å². The zero-order chi connectivity index (χ0) is 13.4. The maximum atomic E-state index is 9.00. The van der Waals surface area contributed by atoms with Crippen LogP contribution in [0.5, 0.6) is 0 Å². The first-order valence-corrected chi connectivity index (χ1v) is 6.95.